The van der Waals surface area contributed by atoms with Gasteiger partial charge in [0.2, 0.25) is 5.95 Å². The third-order valence-corrected chi connectivity index (χ3v) is 5.59. The molecule has 5 rings (SSSR count). The Hall–Kier alpha value is -4.06. The van der Waals surface area contributed by atoms with Gasteiger partial charge in [0.1, 0.15) is 23.0 Å². The number of hydrogen-bond acceptors (Lipinski definition) is 8. The molecule has 0 aromatic carbocycles. The maximum absolute atomic E-state index is 14.1. The van der Waals surface area contributed by atoms with Crippen LogP contribution in [0.1, 0.15) is 23.2 Å². The number of fused-ring (bicyclic) bond motifs is 1. The number of hydrogen-bond donors (Lipinski definition) is 4. The van der Waals surface area contributed by atoms with Crippen molar-refractivity contribution in [1.29, 1.82) is 0 Å². The lowest BCUT2D eigenvalue weighted by Crippen LogP contribution is -2.50. The zero-order valence-corrected chi connectivity index (χ0v) is 17.9. The normalized spacial score (nSPS) is 17.6. The lowest BCUT2D eigenvalue weighted by Gasteiger charge is -2.32. The summed E-state index contributed by atoms with van der Waals surface area (Å²) < 4.78 is 17.0. The van der Waals surface area contributed by atoms with Gasteiger partial charge in [-0.2, -0.15) is 14.0 Å². The lowest BCUT2D eigenvalue weighted by molar-refractivity contribution is 0.0448. The fraction of sp³-hybridized carbons (Fsp3) is 0.286. The maximum atomic E-state index is 14.1. The summed E-state index contributed by atoms with van der Waals surface area (Å²) in [6.07, 6.45) is 3.87. The molecule has 1 saturated carbocycles. The molecular weight excluding hydrogens is 429 g/mol. The number of aryl methyl sites for hydroxylation is 1. The molecule has 4 aromatic rings. The van der Waals surface area contributed by atoms with Crippen LogP contribution in [0.25, 0.3) is 16.9 Å². The molecule has 33 heavy (non-hydrogen) atoms. The number of aromatic nitrogens is 6. The Balaban J connectivity index is 1.47. The number of amides is 1. The van der Waals surface area contributed by atoms with Crippen LogP contribution in [0.3, 0.4) is 0 Å². The highest BCUT2D eigenvalue weighted by Crippen LogP contribution is 2.25. The number of nitrogens with one attached hydrogen (secondary N) is 3. The van der Waals surface area contributed by atoms with E-state index in [1.165, 1.54) is 15.4 Å². The largest absolute Gasteiger partial charge is 0.391 e. The van der Waals surface area contributed by atoms with Crippen LogP contribution in [0, 0.1) is 5.95 Å². The summed E-state index contributed by atoms with van der Waals surface area (Å²) >= 11 is 0. The van der Waals surface area contributed by atoms with Gasteiger partial charge in [0.15, 0.2) is 5.65 Å². The fourth-order valence-corrected chi connectivity index (χ4v) is 3.68. The zero-order chi connectivity index (χ0) is 23.1. The fourth-order valence-electron chi connectivity index (χ4n) is 3.68. The third-order valence-electron chi connectivity index (χ3n) is 5.59. The molecule has 4 aromatic heterocycles. The van der Waals surface area contributed by atoms with Crippen LogP contribution >= 0.6 is 0 Å². The smallest absolute Gasteiger partial charge is 0.257 e. The quantitative estimate of drug-likeness (QED) is 0.348. The van der Waals surface area contributed by atoms with Crippen LogP contribution in [-0.4, -0.2) is 59.6 Å². The molecule has 1 fully saturated rings. The molecule has 0 saturated heterocycles. The molecule has 0 unspecified atom stereocenters. The minimum atomic E-state index is -0.606. The first kappa shape index (κ1) is 20.8. The number of carbonyl (C=O) groups excluding carboxylic acids is 1. The molecule has 4 N–H and O–H groups in total. The first-order chi connectivity index (χ1) is 15.9. The van der Waals surface area contributed by atoms with E-state index in [9.17, 15) is 14.3 Å². The Bertz CT molecular complexity index is 1350. The highest BCUT2D eigenvalue weighted by molar-refractivity contribution is 6.00. The van der Waals surface area contributed by atoms with Gasteiger partial charge in [-0.15, -0.1) is 5.10 Å². The summed E-state index contributed by atoms with van der Waals surface area (Å²) in [5, 5.41) is 26.7. The number of rotatable bonds is 6. The van der Waals surface area contributed by atoms with E-state index in [1.807, 2.05) is 0 Å². The second-order valence-electron chi connectivity index (χ2n) is 7.84. The van der Waals surface area contributed by atoms with Crippen LogP contribution in [0.15, 0.2) is 36.7 Å². The van der Waals surface area contributed by atoms with E-state index in [0.717, 1.165) is 6.42 Å². The second-order valence-corrected chi connectivity index (χ2v) is 7.84. The number of carbonyl (C=O) groups is 1. The molecule has 170 valence electrons. The van der Waals surface area contributed by atoms with Gasteiger partial charge in [-0.3, -0.25) is 9.48 Å². The van der Waals surface area contributed by atoms with E-state index < -0.39 is 12.1 Å². The summed E-state index contributed by atoms with van der Waals surface area (Å²) in [4.78, 5) is 21.8. The SMILES string of the molecule is CNc1cc(Nc2cccc(-c3cn(C)nc3F)n2)nc2c(C(=O)N[C@@H]3CC[C@@H]3O)cnn12. The molecule has 12 heteroatoms. The second kappa shape index (κ2) is 8.13. The van der Waals surface area contributed by atoms with Crippen LogP contribution in [-0.2, 0) is 7.05 Å². The molecule has 1 aliphatic rings. The van der Waals surface area contributed by atoms with Crippen molar-refractivity contribution in [3.8, 4) is 11.3 Å². The Labute approximate surface area is 187 Å². The van der Waals surface area contributed by atoms with Crippen molar-refractivity contribution < 1.29 is 14.3 Å². The van der Waals surface area contributed by atoms with Crippen LogP contribution < -0.4 is 16.0 Å². The minimum absolute atomic E-state index is 0.266. The first-order valence-electron chi connectivity index (χ1n) is 10.4. The highest BCUT2D eigenvalue weighted by atomic mass is 19.1. The topological polar surface area (TPSA) is 134 Å². The van der Waals surface area contributed by atoms with E-state index in [0.29, 0.717) is 35.2 Å². The molecule has 1 amide bonds. The first-order valence-corrected chi connectivity index (χ1v) is 10.4. The van der Waals surface area contributed by atoms with Gasteiger partial charge in [-0.1, -0.05) is 6.07 Å². The molecular formula is C21H22FN9O2. The Morgan fingerprint density at radius 3 is 2.76 bits per heavy atom. The molecule has 4 heterocycles. The van der Waals surface area contributed by atoms with Crippen LogP contribution in [0.2, 0.25) is 0 Å². The zero-order valence-electron chi connectivity index (χ0n) is 17.9. The summed E-state index contributed by atoms with van der Waals surface area (Å²) in [7, 11) is 3.37. The van der Waals surface area contributed by atoms with E-state index >= 15 is 0 Å². The van der Waals surface area contributed by atoms with E-state index in [1.54, 1.807) is 44.6 Å². The number of pyridine rings is 1. The third kappa shape index (κ3) is 3.84. The summed E-state index contributed by atoms with van der Waals surface area (Å²) in [5.41, 5.74) is 1.33. The van der Waals surface area contributed by atoms with Crippen molar-refractivity contribution in [1.82, 2.24) is 34.7 Å². The van der Waals surface area contributed by atoms with Crippen molar-refractivity contribution >= 4 is 29.0 Å². The monoisotopic (exact) mass is 451 g/mol. The number of halogens is 1. The average molecular weight is 451 g/mol. The van der Waals surface area contributed by atoms with Gasteiger partial charge in [-0.05, 0) is 25.0 Å². The van der Waals surface area contributed by atoms with Crippen LogP contribution in [0.4, 0.5) is 21.8 Å². The van der Waals surface area contributed by atoms with Gasteiger partial charge in [0.25, 0.3) is 5.91 Å². The molecule has 0 bridgehead atoms. The van der Waals surface area contributed by atoms with E-state index in [2.05, 4.69) is 36.1 Å². The van der Waals surface area contributed by atoms with Crippen molar-refractivity contribution in [2.45, 2.75) is 25.0 Å². The molecule has 0 radical (unpaired) electrons. The molecule has 1 aliphatic carbocycles. The number of aliphatic hydroxyl groups is 1. The van der Waals surface area contributed by atoms with Crippen LogP contribution in [0.5, 0.6) is 0 Å². The van der Waals surface area contributed by atoms with E-state index in [4.69, 9.17) is 0 Å². The van der Waals surface area contributed by atoms with Gasteiger partial charge < -0.3 is 21.1 Å². The molecule has 0 spiro atoms. The van der Waals surface area contributed by atoms with Gasteiger partial charge >= 0.3 is 0 Å². The Kier molecular flexibility index (Phi) is 5.13. The summed E-state index contributed by atoms with van der Waals surface area (Å²) in [6, 6.07) is 6.62. The van der Waals surface area contributed by atoms with Gasteiger partial charge in [-0.25, -0.2) is 9.97 Å². The minimum Gasteiger partial charge on any atom is -0.391 e. The molecule has 2 atom stereocenters. The molecule has 11 nitrogen and oxygen atoms in total. The maximum Gasteiger partial charge on any atom is 0.257 e. The van der Waals surface area contributed by atoms with Crippen molar-refractivity contribution in [2.24, 2.45) is 7.05 Å². The number of anilines is 3. The predicted molar refractivity (Wildman–Crippen MR) is 119 cm³/mol. The summed E-state index contributed by atoms with van der Waals surface area (Å²) in [5.74, 6) is 0.497. The van der Waals surface area contributed by atoms with E-state index in [-0.39, 0.29) is 23.1 Å². The predicted octanol–water partition coefficient (Wildman–Crippen LogP) is 1.70. The Morgan fingerprint density at radius 2 is 2.09 bits per heavy atom. The van der Waals surface area contributed by atoms with Gasteiger partial charge in [0, 0.05) is 26.4 Å². The summed E-state index contributed by atoms with van der Waals surface area (Å²) in [6.45, 7) is 0. The molecule has 0 aliphatic heterocycles. The lowest BCUT2D eigenvalue weighted by atomic mass is 9.89. The Morgan fingerprint density at radius 1 is 1.24 bits per heavy atom. The highest BCUT2D eigenvalue weighted by Gasteiger charge is 2.31. The van der Waals surface area contributed by atoms with Crippen molar-refractivity contribution in [2.75, 3.05) is 17.7 Å². The number of aliphatic hydroxyl groups excluding tert-OH is 1. The number of nitrogens with zero attached hydrogens (tertiary/aromatic N) is 6. The van der Waals surface area contributed by atoms with Crippen molar-refractivity contribution in [3.63, 3.8) is 0 Å². The average Bonchev–Trinajstić information content (AvgIpc) is 3.38. The standard InChI is InChI=1S/C21H22FN9O2/c1-23-18-8-17(27-16-5-3-4-13(25-16)12-10-30(2)29-19(12)22)28-20-11(9-24-31(18)20)21(33)26-14-6-7-15(14)32/h3-5,8-10,14-15,23,32H,6-7H2,1-2H3,(H,26,33)(H,25,27,28)/t14-,15+/m1/s1. The van der Waals surface area contributed by atoms with Gasteiger partial charge in [0.05, 0.1) is 29.6 Å². The van der Waals surface area contributed by atoms with Crippen molar-refractivity contribution in [3.05, 3.63) is 48.2 Å².